The molecule has 6 nitrogen and oxygen atoms in total. The lowest BCUT2D eigenvalue weighted by molar-refractivity contribution is -0.109. The van der Waals surface area contributed by atoms with E-state index in [1.54, 1.807) is 42.7 Å². The Kier molecular flexibility index (Phi) is 5.40. The summed E-state index contributed by atoms with van der Waals surface area (Å²) < 4.78 is 28.7. The summed E-state index contributed by atoms with van der Waals surface area (Å²) in [4.78, 5) is 27.1. The molecule has 0 atom stereocenters. The van der Waals surface area contributed by atoms with Crippen LogP contribution in [0.1, 0.15) is 17.3 Å². The number of nitrogens with one attached hydrogen (secondary N) is 1. The summed E-state index contributed by atoms with van der Waals surface area (Å²) in [5.74, 6) is -0.214. The van der Waals surface area contributed by atoms with Gasteiger partial charge in [0.2, 0.25) is 0 Å². The number of thioether (sulfide) groups is 1. The number of fused-ring (bicyclic) bond motifs is 1. The topological polar surface area (TPSA) is 93.2 Å². The summed E-state index contributed by atoms with van der Waals surface area (Å²) in [7, 11) is -3.77. The fourth-order valence-corrected chi connectivity index (χ4v) is 5.12. The average Bonchev–Trinajstić information content (AvgIpc) is 3.04. The fraction of sp³-hybridized carbons (Fsp3) is 0.118. The molecule has 0 radical (unpaired) electrons. The van der Waals surface area contributed by atoms with Crippen molar-refractivity contribution in [2.24, 2.45) is 0 Å². The SMILES string of the molecule is CC(=O)SCC(=O)c1cccc(NS(=O)(=O)c2cc3cnccc3s2)c1. The second kappa shape index (κ2) is 7.56. The van der Waals surface area contributed by atoms with E-state index in [2.05, 4.69) is 9.71 Å². The molecule has 0 aliphatic carbocycles. The van der Waals surface area contributed by atoms with Crippen LogP contribution in [0.15, 0.2) is 53.0 Å². The lowest BCUT2D eigenvalue weighted by Crippen LogP contribution is -2.12. The molecule has 0 bridgehead atoms. The van der Waals surface area contributed by atoms with Crippen molar-refractivity contribution < 1.29 is 18.0 Å². The standard InChI is InChI=1S/C17H14N2O4S3/c1-11(20)24-10-15(21)12-3-2-4-14(7-12)19-26(22,23)17-8-13-9-18-6-5-16(13)25-17/h2-9,19H,10H2,1H3. The summed E-state index contributed by atoms with van der Waals surface area (Å²) in [6, 6.07) is 9.54. The maximum Gasteiger partial charge on any atom is 0.271 e. The third kappa shape index (κ3) is 4.29. The van der Waals surface area contributed by atoms with Crippen molar-refractivity contribution >= 4 is 59.8 Å². The molecule has 1 N–H and O–H groups in total. The number of benzene rings is 1. The van der Waals surface area contributed by atoms with Gasteiger partial charge >= 0.3 is 0 Å². The van der Waals surface area contributed by atoms with Crippen LogP contribution in [0, 0.1) is 0 Å². The van der Waals surface area contributed by atoms with Gasteiger partial charge in [0.05, 0.1) is 5.75 Å². The minimum Gasteiger partial charge on any atom is -0.293 e. The number of ketones is 1. The zero-order valence-corrected chi connectivity index (χ0v) is 16.1. The molecule has 0 spiro atoms. The molecule has 3 aromatic rings. The summed E-state index contributed by atoms with van der Waals surface area (Å²) in [5.41, 5.74) is 0.638. The lowest BCUT2D eigenvalue weighted by atomic mass is 10.1. The molecular weight excluding hydrogens is 392 g/mol. The molecule has 26 heavy (non-hydrogen) atoms. The average molecular weight is 407 g/mol. The first-order valence-electron chi connectivity index (χ1n) is 7.48. The van der Waals surface area contributed by atoms with Crippen molar-refractivity contribution in [1.29, 1.82) is 0 Å². The molecule has 0 unspecified atom stereocenters. The minimum absolute atomic E-state index is 0.0227. The van der Waals surface area contributed by atoms with Gasteiger partial charge in [-0.1, -0.05) is 23.9 Å². The molecule has 0 amide bonds. The van der Waals surface area contributed by atoms with E-state index < -0.39 is 10.0 Å². The zero-order valence-electron chi connectivity index (χ0n) is 13.6. The molecule has 1 aromatic carbocycles. The molecule has 134 valence electrons. The van der Waals surface area contributed by atoms with Gasteiger partial charge in [-0.25, -0.2) is 8.42 Å². The van der Waals surface area contributed by atoms with Gasteiger partial charge in [0.25, 0.3) is 10.0 Å². The molecule has 0 aliphatic heterocycles. The van der Waals surface area contributed by atoms with E-state index in [-0.39, 0.29) is 20.9 Å². The van der Waals surface area contributed by atoms with E-state index in [0.717, 1.165) is 33.2 Å². The molecule has 9 heteroatoms. The normalized spacial score (nSPS) is 11.4. The van der Waals surface area contributed by atoms with Crippen LogP contribution in [0.25, 0.3) is 10.1 Å². The van der Waals surface area contributed by atoms with Crippen molar-refractivity contribution in [2.45, 2.75) is 11.1 Å². The van der Waals surface area contributed by atoms with Gasteiger partial charge in [0.1, 0.15) is 4.21 Å². The predicted molar refractivity (Wildman–Crippen MR) is 104 cm³/mol. The second-order valence-corrected chi connectivity index (χ2v) is 9.51. The van der Waals surface area contributed by atoms with Gasteiger partial charge in [0.15, 0.2) is 10.9 Å². The van der Waals surface area contributed by atoms with Crippen molar-refractivity contribution in [1.82, 2.24) is 4.98 Å². The largest absolute Gasteiger partial charge is 0.293 e. The summed E-state index contributed by atoms with van der Waals surface area (Å²) in [5, 5.41) is 0.609. The minimum atomic E-state index is -3.77. The Hall–Kier alpha value is -2.23. The zero-order chi connectivity index (χ0) is 18.7. The smallest absolute Gasteiger partial charge is 0.271 e. The highest BCUT2D eigenvalue weighted by Crippen LogP contribution is 2.29. The summed E-state index contributed by atoms with van der Waals surface area (Å²) in [6.45, 7) is 1.39. The van der Waals surface area contributed by atoms with Gasteiger partial charge in [-0.3, -0.25) is 19.3 Å². The molecule has 0 saturated carbocycles. The summed E-state index contributed by atoms with van der Waals surface area (Å²) >= 11 is 2.07. The van der Waals surface area contributed by atoms with Gasteiger partial charge < -0.3 is 0 Å². The number of anilines is 1. The maximum absolute atomic E-state index is 12.6. The van der Waals surface area contributed by atoms with E-state index in [4.69, 9.17) is 0 Å². The fourth-order valence-electron chi connectivity index (χ4n) is 2.20. The Labute approximate surface area is 158 Å². The molecule has 0 saturated heterocycles. The highest BCUT2D eigenvalue weighted by atomic mass is 32.2. The van der Waals surface area contributed by atoms with Crippen LogP contribution >= 0.6 is 23.1 Å². The third-order valence-electron chi connectivity index (χ3n) is 3.40. The lowest BCUT2D eigenvalue weighted by Gasteiger charge is -2.07. The first-order valence-corrected chi connectivity index (χ1v) is 10.8. The van der Waals surface area contributed by atoms with Gasteiger partial charge in [-0.05, 0) is 24.3 Å². The first-order chi connectivity index (χ1) is 12.3. The quantitative estimate of drug-likeness (QED) is 0.629. The highest BCUT2D eigenvalue weighted by molar-refractivity contribution is 8.14. The number of hydrogen-bond acceptors (Lipinski definition) is 7. The Morgan fingerprint density at radius 1 is 1.23 bits per heavy atom. The van der Waals surface area contributed by atoms with Crippen LogP contribution in [0.4, 0.5) is 5.69 Å². The number of thiophene rings is 1. The van der Waals surface area contributed by atoms with Gasteiger partial charge in [-0.2, -0.15) is 0 Å². The van der Waals surface area contributed by atoms with Crippen LogP contribution in [0.2, 0.25) is 0 Å². The van der Waals surface area contributed by atoms with Crippen LogP contribution in [0.5, 0.6) is 0 Å². The van der Waals surface area contributed by atoms with E-state index >= 15 is 0 Å². The van der Waals surface area contributed by atoms with Crippen molar-refractivity contribution in [3.63, 3.8) is 0 Å². The number of carbonyl (C=O) groups excluding carboxylic acids is 2. The van der Waals surface area contributed by atoms with Crippen LogP contribution < -0.4 is 4.72 Å². The number of aromatic nitrogens is 1. The Morgan fingerprint density at radius 2 is 2.04 bits per heavy atom. The number of rotatable bonds is 6. The second-order valence-electron chi connectivity index (χ2n) is 5.37. The Bertz CT molecular complexity index is 1060. The molecule has 0 aliphatic rings. The molecular formula is C17H14N2O4S3. The number of carbonyl (C=O) groups is 2. The van der Waals surface area contributed by atoms with E-state index in [0.29, 0.717) is 11.3 Å². The first kappa shape index (κ1) is 18.6. The van der Waals surface area contributed by atoms with E-state index in [1.165, 1.54) is 13.0 Å². The predicted octanol–water partition coefficient (Wildman–Crippen LogP) is 3.56. The van der Waals surface area contributed by atoms with Gasteiger partial charge in [0, 0.05) is 40.7 Å². The maximum atomic E-state index is 12.6. The van der Waals surface area contributed by atoms with Crippen molar-refractivity contribution in [3.8, 4) is 0 Å². The molecule has 2 aromatic heterocycles. The number of nitrogens with zero attached hydrogens (tertiary/aromatic N) is 1. The number of sulfonamides is 1. The van der Waals surface area contributed by atoms with E-state index in [1.807, 2.05) is 0 Å². The number of pyridine rings is 1. The number of Topliss-reactive ketones (excluding diaryl/α,β-unsaturated/α-hetero) is 1. The van der Waals surface area contributed by atoms with Crippen molar-refractivity contribution in [2.75, 3.05) is 10.5 Å². The van der Waals surface area contributed by atoms with Crippen LogP contribution in [-0.4, -0.2) is 30.1 Å². The van der Waals surface area contributed by atoms with Crippen LogP contribution in [-0.2, 0) is 14.8 Å². The molecule has 3 rings (SSSR count). The van der Waals surface area contributed by atoms with Crippen molar-refractivity contribution in [3.05, 3.63) is 54.4 Å². The summed E-state index contributed by atoms with van der Waals surface area (Å²) in [6.07, 6.45) is 3.22. The monoisotopic (exact) mass is 406 g/mol. The van der Waals surface area contributed by atoms with Gasteiger partial charge in [-0.15, -0.1) is 11.3 Å². The third-order valence-corrected chi connectivity index (χ3v) is 7.19. The Balaban J connectivity index is 1.82. The highest BCUT2D eigenvalue weighted by Gasteiger charge is 2.18. The van der Waals surface area contributed by atoms with E-state index in [9.17, 15) is 18.0 Å². The van der Waals surface area contributed by atoms with Crippen LogP contribution in [0.3, 0.4) is 0 Å². The number of hydrogen-bond donors (Lipinski definition) is 1. The Morgan fingerprint density at radius 3 is 2.77 bits per heavy atom. The molecule has 2 heterocycles. The molecule has 0 fully saturated rings.